The van der Waals surface area contributed by atoms with Gasteiger partial charge in [-0.2, -0.15) is 0 Å². The number of hydrogen-bond donors (Lipinski definition) is 1. The average Bonchev–Trinajstić information content (AvgIpc) is 2.93. The highest BCUT2D eigenvalue weighted by molar-refractivity contribution is 7.18. The molecule has 0 bridgehead atoms. The van der Waals surface area contributed by atoms with Gasteiger partial charge in [0.15, 0.2) is 0 Å². The minimum Gasteiger partial charge on any atom is -0.360 e. The van der Waals surface area contributed by atoms with Gasteiger partial charge in [0.2, 0.25) is 5.91 Å². The molecule has 25 heavy (non-hydrogen) atoms. The van der Waals surface area contributed by atoms with Gasteiger partial charge in [-0.15, -0.1) is 11.3 Å². The molecule has 0 unspecified atom stereocenters. The summed E-state index contributed by atoms with van der Waals surface area (Å²) in [6.45, 7) is 14.4. The number of hydrogen-bond acceptors (Lipinski definition) is 5. The maximum absolute atomic E-state index is 12.7. The van der Waals surface area contributed by atoms with Gasteiger partial charge in [-0.3, -0.25) is 4.79 Å². The number of nitrogens with zero attached hydrogens (tertiary/aromatic N) is 3. The van der Waals surface area contributed by atoms with Crippen molar-refractivity contribution in [3.8, 4) is 0 Å². The number of rotatable bonds is 8. The van der Waals surface area contributed by atoms with E-state index in [4.69, 9.17) is 0 Å². The first-order valence-electron chi connectivity index (χ1n) is 9.08. The Labute approximate surface area is 154 Å². The van der Waals surface area contributed by atoms with Crippen LogP contribution in [0, 0.1) is 18.8 Å². The van der Waals surface area contributed by atoms with E-state index < -0.39 is 0 Å². The molecule has 2 aromatic heterocycles. The summed E-state index contributed by atoms with van der Waals surface area (Å²) < 4.78 is 0. The summed E-state index contributed by atoms with van der Waals surface area (Å²) in [6, 6.07) is 2.13. The fourth-order valence-electron chi connectivity index (χ4n) is 2.82. The van der Waals surface area contributed by atoms with Gasteiger partial charge < -0.3 is 10.2 Å². The molecule has 2 heterocycles. The number of carbonyl (C=O) groups excluding carboxylic acids is 1. The molecule has 0 radical (unpaired) electrons. The molecular weight excluding hydrogens is 332 g/mol. The van der Waals surface area contributed by atoms with E-state index in [-0.39, 0.29) is 12.5 Å². The Balaban J connectivity index is 2.14. The lowest BCUT2D eigenvalue weighted by Gasteiger charge is -2.26. The minimum atomic E-state index is 0.123. The first kappa shape index (κ1) is 19.6. The standard InChI is InChI=1S/C19H30N4OS/c1-7-15-8-16-18(21-14(6)22-19(16)25-15)20-9-17(24)23(10-12(2)3)11-13(4)5/h8,12-13H,7,9-11H2,1-6H3,(H,20,21,22). The lowest BCUT2D eigenvalue weighted by atomic mass is 10.1. The zero-order chi connectivity index (χ0) is 18.6. The maximum Gasteiger partial charge on any atom is 0.241 e. The first-order valence-corrected chi connectivity index (χ1v) is 9.90. The van der Waals surface area contributed by atoms with Crippen molar-refractivity contribution >= 4 is 33.3 Å². The second kappa shape index (κ2) is 8.61. The highest BCUT2D eigenvalue weighted by Gasteiger charge is 2.17. The molecule has 0 aliphatic heterocycles. The SMILES string of the molecule is CCc1cc2c(NCC(=O)N(CC(C)C)CC(C)C)nc(C)nc2s1. The summed E-state index contributed by atoms with van der Waals surface area (Å²) in [4.78, 5) is 26.0. The van der Waals surface area contributed by atoms with Crippen LogP contribution in [0.25, 0.3) is 10.2 Å². The average molecular weight is 363 g/mol. The van der Waals surface area contributed by atoms with Crippen molar-refractivity contribution in [1.82, 2.24) is 14.9 Å². The van der Waals surface area contributed by atoms with Crippen LogP contribution in [0.5, 0.6) is 0 Å². The molecule has 2 rings (SSSR count). The van der Waals surface area contributed by atoms with Crippen LogP contribution < -0.4 is 5.32 Å². The van der Waals surface area contributed by atoms with Crippen LogP contribution in [0.2, 0.25) is 0 Å². The molecule has 1 N–H and O–H groups in total. The largest absolute Gasteiger partial charge is 0.360 e. The van der Waals surface area contributed by atoms with E-state index in [1.807, 2.05) is 11.8 Å². The summed E-state index contributed by atoms with van der Waals surface area (Å²) in [5.74, 6) is 2.53. The summed E-state index contributed by atoms with van der Waals surface area (Å²) in [5, 5.41) is 4.27. The molecule has 0 saturated heterocycles. The molecule has 0 aliphatic carbocycles. The molecular formula is C19H30N4OS. The molecule has 0 spiro atoms. The monoisotopic (exact) mass is 362 g/mol. The van der Waals surface area contributed by atoms with Crippen molar-refractivity contribution in [2.45, 2.75) is 48.0 Å². The molecule has 1 amide bonds. The van der Waals surface area contributed by atoms with Crippen molar-refractivity contribution in [2.24, 2.45) is 11.8 Å². The second-order valence-corrected chi connectivity index (χ2v) is 8.46. The molecule has 5 nitrogen and oxygen atoms in total. The van der Waals surface area contributed by atoms with E-state index in [2.05, 4.69) is 56.0 Å². The first-order chi connectivity index (χ1) is 11.8. The zero-order valence-corrected chi connectivity index (χ0v) is 17.0. The van der Waals surface area contributed by atoms with Gasteiger partial charge >= 0.3 is 0 Å². The van der Waals surface area contributed by atoms with Crippen molar-refractivity contribution < 1.29 is 4.79 Å². The van der Waals surface area contributed by atoms with E-state index in [0.29, 0.717) is 11.8 Å². The Morgan fingerprint density at radius 2 is 1.84 bits per heavy atom. The van der Waals surface area contributed by atoms with Gasteiger partial charge in [0, 0.05) is 18.0 Å². The van der Waals surface area contributed by atoms with Crippen LogP contribution in [0.4, 0.5) is 5.82 Å². The number of carbonyl (C=O) groups is 1. The lowest BCUT2D eigenvalue weighted by Crippen LogP contribution is -2.40. The van der Waals surface area contributed by atoms with Crippen LogP contribution >= 0.6 is 11.3 Å². The van der Waals surface area contributed by atoms with E-state index >= 15 is 0 Å². The second-order valence-electron chi connectivity index (χ2n) is 7.34. The van der Waals surface area contributed by atoms with Crippen molar-refractivity contribution in [1.29, 1.82) is 0 Å². The Hall–Kier alpha value is -1.69. The zero-order valence-electron chi connectivity index (χ0n) is 16.2. The van der Waals surface area contributed by atoms with Gasteiger partial charge in [0.25, 0.3) is 0 Å². The number of anilines is 1. The fourth-order valence-corrected chi connectivity index (χ4v) is 3.83. The van der Waals surface area contributed by atoms with Gasteiger partial charge in [-0.25, -0.2) is 9.97 Å². The Morgan fingerprint density at radius 1 is 1.20 bits per heavy atom. The summed E-state index contributed by atoms with van der Waals surface area (Å²) in [7, 11) is 0. The Morgan fingerprint density at radius 3 is 2.40 bits per heavy atom. The Kier molecular flexibility index (Phi) is 6.76. The summed E-state index contributed by atoms with van der Waals surface area (Å²) in [6.07, 6.45) is 0.981. The molecule has 0 aliphatic rings. The number of thiophene rings is 1. The van der Waals surface area contributed by atoms with Gasteiger partial charge in [-0.05, 0) is 31.2 Å². The van der Waals surface area contributed by atoms with E-state index in [0.717, 1.165) is 41.4 Å². The van der Waals surface area contributed by atoms with Crippen LogP contribution in [-0.2, 0) is 11.2 Å². The minimum absolute atomic E-state index is 0.123. The fraction of sp³-hybridized carbons (Fsp3) is 0.632. The normalized spacial score (nSPS) is 11.5. The third-order valence-electron chi connectivity index (χ3n) is 3.83. The van der Waals surface area contributed by atoms with Crippen LogP contribution in [-0.4, -0.2) is 40.4 Å². The van der Waals surface area contributed by atoms with Crippen LogP contribution in [0.15, 0.2) is 6.07 Å². The third kappa shape index (κ3) is 5.39. The van der Waals surface area contributed by atoms with Gasteiger partial charge in [0.1, 0.15) is 16.5 Å². The molecule has 0 saturated carbocycles. The van der Waals surface area contributed by atoms with Crippen molar-refractivity contribution in [3.05, 3.63) is 16.8 Å². The van der Waals surface area contributed by atoms with Crippen molar-refractivity contribution in [3.63, 3.8) is 0 Å². The highest BCUT2D eigenvalue weighted by Crippen LogP contribution is 2.29. The molecule has 0 aromatic carbocycles. The van der Waals surface area contributed by atoms with Gasteiger partial charge in [-0.1, -0.05) is 34.6 Å². The number of fused-ring (bicyclic) bond motifs is 1. The molecule has 0 atom stereocenters. The van der Waals surface area contributed by atoms with E-state index in [9.17, 15) is 4.79 Å². The van der Waals surface area contributed by atoms with Crippen molar-refractivity contribution in [2.75, 3.05) is 25.0 Å². The molecule has 6 heteroatoms. The summed E-state index contributed by atoms with van der Waals surface area (Å²) >= 11 is 1.70. The van der Waals surface area contributed by atoms with E-state index in [1.54, 1.807) is 11.3 Å². The summed E-state index contributed by atoms with van der Waals surface area (Å²) in [5.41, 5.74) is 0. The predicted molar refractivity (Wildman–Crippen MR) is 106 cm³/mol. The topological polar surface area (TPSA) is 58.1 Å². The quantitative estimate of drug-likeness (QED) is 0.767. The molecule has 138 valence electrons. The number of aromatic nitrogens is 2. The lowest BCUT2D eigenvalue weighted by molar-refractivity contribution is -0.130. The molecule has 2 aromatic rings. The third-order valence-corrected chi connectivity index (χ3v) is 5.01. The van der Waals surface area contributed by atoms with Crippen LogP contribution in [0.3, 0.4) is 0 Å². The smallest absolute Gasteiger partial charge is 0.241 e. The van der Waals surface area contributed by atoms with Gasteiger partial charge in [0.05, 0.1) is 11.9 Å². The number of aryl methyl sites for hydroxylation is 2. The highest BCUT2D eigenvalue weighted by atomic mass is 32.1. The number of amides is 1. The Bertz CT molecular complexity index is 714. The maximum atomic E-state index is 12.7. The predicted octanol–water partition coefficient (Wildman–Crippen LogP) is 4.11. The van der Waals surface area contributed by atoms with Crippen LogP contribution in [0.1, 0.15) is 45.3 Å². The van der Waals surface area contributed by atoms with E-state index in [1.165, 1.54) is 4.88 Å². The molecule has 0 fully saturated rings. The number of nitrogens with one attached hydrogen (secondary N) is 1.